The molecule has 1 aliphatic heterocycles. The van der Waals surface area contributed by atoms with E-state index in [1.165, 1.54) is 35.9 Å². The lowest BCUT2D eigenvalue weighted by Crippen LogP contribution is -2.35. The standard InChI is InChI=1S/C9H14N2S2.ClH/c1-2-4-10-8(3-1)7-13-9-11-5-6-12-9;/h5-6,8,10H,1-4,7H2;1H. The second kappa shape index (κ2) is 6.67. The Hall–Kier alpha value is 0.230. The van der Waals surface area contributed by atoms with E-state index in [0.717, 1.165) is 0 Å². The van der Waals surface area contributed by atoms with Gasteiger partial charge in [0.2, 0.25) is 0 Å². The Morgan fingerprint density at radius 2 is 2.50 bits per heavy atom. The Morgan fingerprint density at radius 3 is 3.14 bits per heavy atom. The molecule has 0 aliphatic carbocycles. The van der Waals surface area contributed by atoms with Gasteiger partial charge >= 0.3 is 0 Å². The fourth-order valence-corrected chi connectivity index (χ4v) is 3.29. The minimum atomic E-state index is 0. The van der Waals surface area contributed by atoms with Crippen LogP contribution in [0.5, 0.6) is 0 Å². The Balaban J connectivity index is 0.000000980. The fourth-order valence-electron chi connectivity index (χ4n) is 1.52. The molecule has 1 aromatic heterocycles. The molecule has 0 bridgehead atoms. The SMILES string of the molecule is Cl.c1csc(SCC2CCCCN2)n1. The van der Waals surface area contributed by atoms with Crippen LogP contribution in [0.1, 0.15) is 19.3 Å². The van der Waals surface area contributed by atoms with Gasteiger partial charge in [-0.3, -0.25) is 0 Å². The molecule has 2 rings (SSSR count). The van der Waals surface area contributed by atoms with Crippen LogP contribution >= 0.6 is 35.5 Å². The van der Waals surface area contributed by atoms with Crippen LogP contribution in [0.4, 0.5) is 0 Å². The topological polar surface area (TPSA) is 24.9 Å². The number of thiazole rings is 1. The number of piperidine rings is 1. The van der Waals surface area contributed by atoms with Crippen LogP contribution in [0.15, 0.2) is 15.9 Å². The predicted molar refractivity (Wildman–Crippen MR) is 65.7 cm³/mol. The molecule has 0 amide bonds. The van der Waals surface area contributed by atoms with Crippen molar-refractivity contribution in [2.24, 2.45) is 0 Å². The van der Waals surface area contributed by atoms with Crippen molar-refractivity contribution in [1.82, 2.24) is 10.3 Å². The molecule has 1 aliphatic rings. The van der Waals surface area contributed by atoms with Crippen molar-refractivity contribution in [2.75, 3.05) is 12.3 Å². The quantitative estimate of drug-likeness (QED) is 0.836. The van der Waals surface area contributed by atoms with Gasteiger partial charge in [0.25, 0.3) is 0 Å². The largest absolute Gasteiger partial charge is 0.313 e. The fraction of sp³-hybridized carbons (Fsp3) is 0.667. The lowest BCUT2D eigenvalue weighted by atomic mass is 10.1. The molecule has 2 heterocycles. The summed E-state index contributed by atoms with van der Waals surface area (Å²) in [6.07, 6.45) is 5.94. The van der Waals surface area contributed by atoms with Crippen LogP contribution in [0.25, 0.3) is 0 Å². The minimum Gasteiger partial charge on any atom is -0.313 e. The zero-order valence-corrected chi connectivity index (χ0v) is 10.4. The molecule has 1 unspecified atom stereocenters. The second-order valence-electron chi connectivity index (χ2n) is 3.26. The van der Waals surface area contributed by atoms with Crippen molar-refractivity contribution in [3.05, 3.63) is 11.6 Å². The molecule has 2 nitrogen and oxygen atoms in total. The number of aromatic nitrogens is 1. The predicted octanol–water partition coefficient (Wildman–Crippen LogP) is 2.80. The number of thioether (sulfide) groups is 1. The Kier molecular flexibility index (Phi) is 5.86. The molecule has 0 spiro atoms. The number of hydrogen-bond acceptors (Lipinski definition) is 4. The first kappa shape index (κ1) is 12.3. The smallest absolute Gasteiger partial charge is 0.149 e. The van der Waals surface area contributed by atoms with E-state index < -0.39 is 0 Å². The first-order valence-corrected chi connectivity index (χ1v) is 6.57. The number of rotatable bonds is 3. The van der Waals surface area contributed by atoms with Crippen LogP contribution in [0.3, 0.4) is 0 Å². The molecule has 1 aromatic rings. The lowest BCUT2D eigenvalue weighted by Gasteiger charge is -2.22. The third kappa shape index (κ3) is 3.77. The van der Waals surface area contributed by atoms with Crippen molar-refractivity contribution >= 4 is 35.5 Å². The Morgan fingerprint density at radius 1 is 1.57 bits per heavy atom. The molecule has 1 fully saturated rings. The van der Waals surface area contributed by atoms with Gasteiger partial charge in [-0.15, -0.1) is 23.7 Å². The number of nitrogens with zero attached hydrogens (tertiary/aromatic N) is 1. The van der Waals surface area contributed by atoms with Gasteiger partial charge in [-0.1, -0.05) is 18.2 Å². The van der Waals surface area contributed by atoms with Crippen molar-refractivity contribution in [2.45, 2.75) is 29.6 Å². The van der Waals surface area contributed by atoms with Crippen LogP contribution in [-0.2, 0) is 0 Å². The second-order valence-corrected chi connectivity index (χ2v) is 5.42. The molecule has 80 valence electrons. The maximum Gasteiger partial charge on any atom is 0.149 e. The van der Waals surface area contributed by atoms with Crippen LogP contribution in [0.2, 0.25) is 0 Å². The minimum absolute atomic E-state index is 0. The van der Waals surface area contributed by atoms with Gasteiger partial charge in [0, 0.05) is 23.4 Å². The zero-order valence-electron chi connectivity index (χ0n) is 7.94. The van der Waals surface area contributed by atoms with Gasteiger partial charge < -0.3 is 5.32 Å². The van der Waals surface area contributed by atoms with Gasteiger partial charge in [-0.2, -0.15) is 0 Å². The van der Waals surface area contributed by atoms with E-state index in [1.807, 2.05) is 23.3 Å². The lowest BCUT2D eigenvalue weighted by molar-refractivity contribution is 0.430. The summed E-state index contributed by atoms with van der Waals surface area (Å²) in [7, 11) is 0. The average molecular weight is 251 g/mol. The summed E-state index contributed by atoms with van der Waals surface area (Å²) >= 11 is 3.61. The monoisotopic (exact) mass is 250 g/mol. The van der Waals surface area contributed by atoms with Crippen molar-refractivity contribution in [3.63, 3.8) is 0 Å². The molecule has 0 radical (unpaired) electrons. The Bertz CT molecular complexity index is 235. The van der Waals surface area contributed by atoms with Gasteiger partial charge in [-0.25, -0.2) is 4.98 Å². The summed E-state index contributed by atoms with van der Waals surface area (Å²) in [6, 6.07) is 0.711. The van der Waals surface area contributed by atoms with E-state index in [1.54, 1.807) is 11.3 Å². The van der Waals surface area contributed by atoms with E-state index in [-0.39, 0.29) is 12.4 Å². The van der Waals surface area contributed by atoms with E-state index >= 15 is 0 Å². The summed E-state index contributed by atoms with van der Waals surface area (Å²) in [5.74, 6) is 1.17. The van der Waals surface area contributed by atoms with E-state index in [9.17, 15) is 0 Å². The van der Waals surface area contributed by atoms with Gasteiger partial charge in [0.15, 0.2) is 0 Å². The first-order chi connectivity index (χ1) is 6.45. The summed E-state index contributed by atoms with van der Waals surface area (Å²) in [5.41, 5.74) is 0. The van der Waals surface area contributed by atoms with Crippen molar-refractivity contribution < 1.29 is 0 Å². The molecule has 5 heteroatoms. The van der Waals surface area contributed by atoms with Crippen LogP contribution in [-0.4, -0.2) is 23.3 Å². The molecule has 0 aromatic carbocycles. The molecule has 1 N–H and O–H groups in total. The van der Waals surface area contributed by atoms with Crippen LogP contribution in [0, 0.1) is 0 Å². The third-order valence-electron chi connectivity index (χ3n) is 2.23. The Labute approximate surface area is 99.3 Å². The molecule has 1 atom stereocenters. The van der Waals surface area contributed by atoms with Gasteiger partial charge in [0.1, 0.15) is 4.34 Å². The normalized spacial score (nSPS) is 21.6. The van der Waals surface area contributed by atoms with Gasteiger partial charge in [-0.05, 0) is 19.4 Å². The number of halogens is 1. The molecular formula is C9H15ClN2S2. The highest BCUT2D eigenvalue weighted by Gasteiger charge is 2.12. The molecule has 1 saturated heterocycles. The summed E-state index contributed by atoms with van der Waals surface area (Å²) in [4.78, 5) is 4.25. The summed E-state index contributed by atoms with van der Waals surface area (Å²) in [6.45, 7) is 1.20. The molecular weight excluding hydrogens is 236 g/mol. The molecule has 0 saturated carbocycles. The number of nitrogens with one attached hydrogen (secondary N) is 1. The van der Waals surface area contributed by atoms with E-state index in [4.69, 9.17) is 0 Å². The zero-order chi connectivity index (χ0) is 8.93. The summed E-state index contributed by atoms with van der Waals surface area (Å²) < 4.78 is 1.20. The highest BCUT2D eigenvalue weighted by Crippen LogP contribution is 2.22. The highest BCUT2D eigenvalue weighted by atomic mass is 35.5. The highest BCUT2D eigenvalue weighted by molar-refractivity contribution is 8.01. The summed E-state index contributed by atoms with van der Waals surface area (Å²) in [5, 5.41) is 5.58. The number of hydrogen-bond donors (Lipinski definition) is 1. The van der Waals surface area contributed by atoms with Crippen molar-refractivity contribution in [3.8, 4) is 0 Å². The van der Waals surface area contributed by atoms with Crippen LogP contribution < -0.4 is 5.32 Å². The third-order valence-corrected chi connectivity index (χ3v) is 4.36. The maximum absolute atomic E-state index is 4.25. The molecule has 14 heavy (non-hydrogen) atoms. The van der Waals surface area contributed by atoms with E-state index in [2.05, 4.69) is 10.3 Å². The maximum atomic E-state index is 4.25. The average Bonchev–Trinajstić information content (AvgIpc) is 2.69. The first-order valence-electron chi connectivity index (χ1n) is 4.71. The van der Waals surface area contributed by atoms with E-state index in [0.29, 0.717) is 6.04 Å². The van der Waals surface area contributed by atoms with Gasteiger partial charge in [0.05, 0.1) is 0 Å². The van der Waals surface area contributed by atoms with Crippen molar-refractivity contribution in [1.29, 1.82) is 0 Å².